The minimum absolute atomic E-state index is 0.338. The Balaban J connectivity index is 2.08. The van der Waals surface area contributed by atoms with Crippen LogP contribution in [-0.4, -0.2) is 5.78 Å². The van der Waals surface area contributed by atoms with Crippen LogP contribution in [-0.2, 0) is 4.79 Å². The van der Waals surface area contributed by atoms with Crippen molar-refractivity contribution in [3.8, 4) is 0 Å². The molecule has 1 saturated carbocycles. The van der Waals surface area contributed by atoms with Crippen LogP contribution >= 0.6 is 0 Å². The van der Waals surface area contributed by atoms with E-state index in [2.05, 4.69) is 18.2 Å². The van der Waals surface area contributed by atoms with Crippen LogP contribution in [0.3, 0.4) is 0 Å². The van der Waals surface area contributed by atoms with Crippen molar-refractivity contribution >= 4 is 5.78 Å². The van der Waals surface area contributed by atoms with E-state index in [4.69, 9.17) is 0 Å². The molecule has 0 saturated heterocycles. The number of fused-ring (bicyclic) bond motifs is 5. The molecule has 4 atom stereocenters. The van der Waals surface area contributed by atoms with Gasteiger partial charge < -0.3 is 0 Å². The summed E-state index contributed by atoms with van der Waals surface area (Å²) >= 11 is 0. The van der Waals surface area contributed by atoms with Crippen molar-refractivity contribution in [2.24, 2.45) is 23.7 Å². The number of rotatable bonds is 0. The summed E-state index contributed by atoms with van der Waals surface area (Å²) in [5.74, 6) is 2.54. The normalized spacial score (nSPS) is 50.7. The molecule has 1 nitrogen and oxygen atoms in total. The van der Waals surface area contributed by atoms with Crippen LogP contribution in [0.5, 0.6) is 0 Å². The highest BCUT2D eigenvalue weighted by Crippen LogP contribution is 2.51. The minimum Gasteiger partial charge on any atom is -0.295 e. The molecule has 0 aliphatic heterocycles. The Morgan fingerprint density at radius 3 is 2.82 bits per heavy atom. The molecule has 56 valence electrons. The fourth-order valence-electron chi connectivity index (χ4n) is 2.84. The van der Waals surface area contributed by atoms with E-state index in [-0.39, 0.29) is 0 Å². The fourth-order valence-corrected chi connectivity index (χ4v) is 2.84. The lowest BCUT2D eigenvalue weighted by Crippen LogP contribution is -2.19. The predicted octanol–water partition coefficient (Wildman–Crippen LogP) is 1.56. The Labute approximate surface area is 65.8 Å². The van der Waals surface area contributed by atoms with Crippen LogP contribution in [0.15, 0.2) is 24.3 Å². The Hall–Kier alpha value is -0.850. The molecular formula is C10H10O. The summed E-state index contributed by atoms with van der Waals surface area (Å²) in [5, 5.41) is 0. The number of allylic oxidation sites excluding steroid dienone is 4. The van der Waals surface area contributed by atoms with E-state index in [9.17, 15) is 4.79 Å². The fraction of sp³-hybridized carbons (Fsp3) is 0.500. The Morgan fingerprint density at radius 2 is 2.00 bits per heavy atom. The highest BCUT2D eigenvalue weighted by atomic mass is 16.1. The molecule has 0 amide bonds. The van der Waals surface area contributed by atoms with Crippen molar-refractivity contribution < 1.29 is 4.79 Å². The summed E-state index contributed by atoms with van der Waals surface area (Å²) in [6.07, 6.45) is 9.64. The number of hydrogen-bond acceptors (Lipinski definition) is 1. The predicted molar refractivity (Wildman–Crippen MR) is 41.9 cm³/mol. The highest BCUT2D eigenvalue weighted by molar-refractivity contribution is 5.95. The van der Waals surface area contributed by atoms with Crippen LogP contribution < -0.4 is 0 Å². The van der Waals surface area contributed by atoms with Gasteiger partial charge in [0.25, 0.3) is 0 Å². The van der Waals surface area contributed by atoms with Crippen molar-refractivity contribution in [2.75, 3.05) is 0 Å². The average Bonchev–Trinajstić information content (AvgIpc) is 2.60. The summed E-state index contributed by atoms with van der Waals surface area (Å²) in [6, 6.07) is 0. The van der Waals surface area contributed by atoms with Crippen molar-refractivity contribution in [3.63, 3.8) is 0 Å². The Bertz CT molecular complexity index is 275. The zero-order valence-electron chi connectivity index (χ0n) is 6.23. The van der Waals surface area contributed by atoms with Crippen LogP contribution in [0, 0.1) is 23.7 Å². The van der Waals surface area contributed by atoms with E-state index in [0.29, 0.717) is 29.5 Å². The summed E-state index contributed by atoms with van der Waals surface area (Å²) in [4.78, 5) is 11.3. The summed E-state index contributed by atoms with van der Waals surface area (Å²) in [7, 11) is 0. The molecule has 0 aromatic carbocycles. The molecule has 2 bridgehead atoms. The third-order valence-electron chi connectivity index (χ3n) is 3.33. The number of carbonyl (C=O) groups is 1. The Morgan fingerprint density at radius 1 is 1.18 bits per heavy atom. The van der Waals surface area contributed by atoms with Crippen LogP contribution in [0.2, 0.25) is 0 Å². The van der Waals surface area contributed by atoms with Crippen molar-refractivity contribution in [1.82, 2.24) is 0 Å². The van der Waals surface area contributed by atoms with Gasteiger partial charge in [0.2, 0.25) is 0 Å². The second-order valence-electron chi connectivity index (χ2n) is 3.81. The van der Waals surface area contributed by atoms with Gasteiger partial charge in [0, 0.05) is 5.92 Å². The third kappa shape index (κ3) is 0.550. The molecule has 1 heteroatoms. The molecule has 0 heterocycles. The molecule has 0 spiro atoms. The zero-order chi connectivity index (χ0) is 7.42. The van der Waals surface area contributed by atoms with Gasteiger partial charge in [-0.2, -0.15) is 0 Å². The van der Waals surface area contributed by atoms with Crippen LogP contribution in [0.1, 0.15) is 6.42 Å². The topological polar surface area (TPSA) is 17.1 Å². The molecule has 0 aromatic rings. The van der Waals surface area contributed by atoms with Crippen molar-refractivity contribution in [3.05, 3.63) is 24.3 Å². The smallest absolute Gasteiger partial charge is 0.159 e. The summed E-state index contributed by atoms with van der Waals surface area (Å²) in [5.41, 5.74) is 0. The monoisotopic (exact) mass is 146 g/mol. The molecule has 11 heavy (non-hydrogen) atoms. The van der Waals surface area contributed by atoms with E-state index in [1.54, 1.807) is 6.08 Å². The molecular weight excluding hydrogens is 136 g/mol. The summed E-state index contributed by atoms with van der Waals surface area (Å²) in [6.45, 7) is 0. The molecule has 3 aliphatic carbocycles. The first-order chi connectivity index (χ1) is 5.36. The largest absolute Gasteiger partial charge is 0.295 e. The second-order valence-corrected chi connectivity index (χ2v) is 3.81. The molecule has 2 unspecified atom stereocenters. The van der Waals surface area contributed by atoms with Crippen molar-refractivity contribution in [2.45, 2.75) is 6.42 Å². The van der Waals surface area contributed by atoms with E-state index in [0.717, 1.165) is 0 Å². The van der Waals surface area contributed by atoms with Gasteiger partial charge in [-0.1, -0.05) is 18.2 Å². The van der Waals surface area contributed by atoms with Crippen LogP contribution in [0.25, 0.3) is 0 Å². The molecule has 3 aliphatic rings. The lowest BCUT2D eigenvalue weighted by Gasteiger charge is -2.17. The van der Waals surface area contributed by atoms with Crippen LogP contribution in [0.4, 0.5) is 0 Å². The van der Waals surface area contributed by atoms with Gasteiger partial charge in [0.15, 0.2) is 5.78 Å². The molecule has 0 radical (unpaired) electrons. The van der Waals surface area contributed by atoms with Gasteiger partial charge in [-0.25, -0.2) is 0 Å². The van der Waals surface area contributed by atoms with Gasteiger partial charge in [-0.3, -0.25) is 4.79 Å². The number of carbonyl (C=O) groups excluding carboxylic acids is 1. The first kappa shape index (κ1) is 5.76. The first-order valence-corrected chi connectivity index (χ1v) is 4.26. The number of ketones is 1. The Kier molecular flexibility index (Phi) is 0.867. The molecule has 0 aromatic heterocycles. The molecule has 3 rings (SSSR count). The van der Waals surface area contributed by atoms with Gasteiger partial charge in [0.1, 0.15) is 0 Å². The highest BCUT2D eigenvalue weighted by Gasteiger charge is 2.48. The number of hydrogen-bond donors (Lipinski definition) is 0. The van der Waals surface area contributed by atoms with E-state index < -0.39 is 0 Å². The average molecular weight is 146 g/mol. The van der Waals surface area contributed by atoms with Gasteiger partial charge >= 0.3 is 0 Å². The summed E-state index contributed by atoms with van der Waals surface area (Å²) < 4.78 is 0. The van der Waals surface area contributed by atoms with E-state index in [1.807, 2.05) is 0 Å². The van der Waals surface area contributed by atoms with Gasteiger partial charge in [0.05, 0.1) is 0 Å². The maximum absolute atomic E-state index is 11.3. The molecule has 0 N–H and O–H groups in total. The van der Waals surface area contributed by atoms with E-state index >= 15 is 0 Å². The standard InChI is InChI=1S/C10H10O/c11-9-4-3-8-6-1-2-7(5-6)10(8)9/h1-4,6-8,10H,5H2/t6?,7?,8-,10+/m1/s1. The van der Waals surface area contributed by atoms with E-state index in [1.165, 1.54) is 6.42 Å². The molecule has 1 fully saturated rings. The second kappa shape index (κ2) is 1.66. The first-order valence-electron chi connectivity index (χ1n) is 4.26. The lowest BCUT2D eigenvalue weighted by molar-refractivity contribution is -0.118. The SMILES string of the molecule is O=C1C=C[C@@H]2C3C=CC(C3)[C@H]12. The quantitative estimate of drug-likeness (QED) is 0.474. The third-order valence-corrected chi connectivity index (χ3v) is 3.33. The van der Waals surface area contributed by atoms with Gasteiger partial charge in [-0.15, -0.1) is 0 Å². The maximum Gasteiger partial charge on any atom is 0.159 e. The zero-order valence-corrected chi connectivity index (χ0v) is 6.23. The van der Waals surface area contributed by atoms with Gasteiger partial charge in [-0.05, 0) is 30.3 Å². The van der Waals surface area contributed by atoms with Crippen molar-refractivity contribution in [1.29, 1.82) is 0 Å². The minimum atomic E-state index is 0.338. The lowest BCUT2D eigenvalue weighted by atomic mass is 9.85. The maximum atomic E-state index is 11.3.